The molecule has 0 bridgehead atoms. The van der Waals surface area contributed by atoms with E-state index in [4.69, 9.17) is 6.42 Å². The van der Waals surface area contributed by atoms with E-state index in [1.807, 2.05) is 17.8 Å². The van der Waals surface area contributed by atoms with Gasteiger partial charge in [0.2, 0.25) is 0 Å². The summed E-state index contributed by atoms with van der Waals surface area (Å²) in [5.74, 6) is 2.68. The van der Waals surface area contributed by atoms with E-state index in [0.717, 1.165) is 19.4 Å². The van der Waals surface area contributed by atoms with Gasteiger partial charge in [-0.05, 0) is 12.5 Å². The fourth-order valence-electron chi connectivity index (χ4n) is 1.33. The van der Waals surface area contributed by atoms with Crippen LogP contribution < -0.4 is 5.32 Å². The van der Waals surface area contributed by atoms with E-state index in [2.05, 4.69) is 23.3 Å². The van der Waals surface area contributed by atoms with Crippen LogP contribution in [-0.4, -0.2) is 15.8 Å². The minimum absolute atomic E-state index is 0.412. The molecule has 0 amide bonds. The summed E-state index contributed by atoms with van der Waals surface area (Å²) in [6, 6.07) is 2.42. The lowest BCUT2D eigenvalue weighted by molar-refractivity contribution is 0.493. The van der Waals surface area contributed by atoms with Gasteiger partial charge in [0.1, 0.15) is 0 Å². The molecule has 1 aromatic heterocycles. The molecule has 14 heavy (non-hydrogen) atoms. The molecular weight excluding hydrogens is 174 g/mol. The second kappa shape index (κ2) is 5.46. The molecule has 3 heteroatoms. The van der Waals surface area contributed by atoms with Crippen LogP contribution in [0.4, 0.5) is 0 Å². The zero-order valence-corrected chi connectivity index (χ0v) is 8.83. The average molecular weight is 191 g/mol. The van der Waals surface area contributed by atoms with E-state index in [1.165, 1.54) is 5.69 Å². The molecule has 1 rings (SSSR count). The minimum Gasteiger partial charge on any atom is -0.307 e. The first kappa shape index (κ1) is 10.8. The standard InChI is InChI=1S/C11H17N3/c1-4-6-10(5-2)12-9-11-7-8-13-14(11)3/h1,7-8,10,12H,5-6,9H2,2-3H3. The fraction of sp³-hybridized carbons (Fsp3) is 0.545. The molecule has 1 unspecified atom stereocenters. The summed E-state index contributed by atoms with van der Waals surface area (Å²) in [5, 5.41) is 7.51. The van der Waals surface area contributed by atoms with Gasteiger partial charge in [0.25, 0.3) is 0 Å². The third-order valence-electron chi connectivity index (χ3n) is 2.35. The summed E-state index contributed by atoms with van der Waals surface area (Å²) < 4.78 is 1.87. The average Bonchev–Trinajstić information content (AvgIpc) is 2.59. The van der Waals surface area contributed by atoms with Gasteiger partial charge in [0.15, 0.2) is 0 Å². The smallest absolute Gasteiger partial charge is 0.0518 e. The van der Waals surface area contributed by atoms with Gasteiger partial charge in [0.05, 0.1) is 5.69 Å². The van der Waals surface area contributed by atoms with E-state index < -0.39 is 0 Å². The molecule has 1 aromatic rings. The van der Waals surface area contributed by atoms with Crippen molar-refractivity contribution in [3.63, 3.8) is 0 Å². The van der Waals surface area contributed by atoms with Crippen LogP contribution in [0.3, 0.4) is 0 Å². The summed E-state index contributed by atoms with van der Waals surface area (Å²) >= 11 is 0. The topological polar surface area (TPSA) is 29.9 Å². The molecule has 0 radical (unpaired) electrons. The van der Waals surface area contributed by atoms with Gasteiger partial charge in [-0.15, -0.1) is 12.3 Å². The monoisotopic (exact) mass is 191 g/mol. The van der Waals surface area contributed by atoms with Crippen LogP contribution in [0.1, 0.15) is 25.5 Å². The Kier molecular flexibility index (Phi) is 4.21. The van der Waals surface area contributed by atoms with E-state index in [9.17, 15) is 0 Å². The highest BCUT2D eigenvalue weighted by atomic mass is 15.3. The number of hydrogen-bond donors (Lipinski definition) is 1. The summed E-state index contributed by atoms with van der Waals surface area (Å²) in [5.41, 5.74) is 1.18. The molecule has 3 nitrogen and oxygen atoms in total. The number of aryl methyl sites for hydroxylation is 1. The first-order valence-corrected chi connectivity index (χ1v) is 4.91. The Morgan fingerprint density at radius 2 is 2.50 bits per heavy atom. The molecule has 1 heterocycles. The summed E-state index contributed by atoms with van der Waals surface area (Å²) in [7, 11) is 1.94. The van der Waals surface area contributed by atoms with Crippen LogP contribution >= 0.6 is 0 Å². The first-order chi connectivity index (χ1) is 6.77. The lowest BCUT2D eigenvalue weighted by atomic mass is 10.1. The van der Waals surface area contributed by atoms with Crippen molar-refractivity contribution in [1.29, 1.82) is 0 Å². The predicted molar refractivity (Wildman–Crippen MR) is 57.6 cm³/mol. The Bertz CT molecular complexity index is 309. The highest BCUT2D eigenvalue weighted by Gasteiger charge is 2.04. The molecule has 76 valence electrons. The van der Waals surface area contributed by atoms with E-state index in [-0.39, 0.29) is 0 Å². The van der Waals surface area contributed by atoms with E-state index >= 15 is 0 Å². The van der Waals surface area contributed by atoms with Gasteiger partial charge >= 0.3 is 0 Å². The van der Waals surface area contributed by atoms with Gasteiger partial charge < -0.3 is 5.32 Å². The van der Waals surface area contributed by atoms with E-state index in [0.29, 0.717) is 6.04 Å². The maximum atomic E-state index is 5.28. The number of nitrogens with one attached hydrogen (secondary N) is 1. The zero-order valence-electron chi connectivity index (χ0n) is 8.83. The van der Waals surface area contributed by atoms with Gasteiger partial charge in [-0.1, -0.05) is 6.92 Å². The molecule has 0 aliphatic rings. The van der Waals surface area contributed by atoms with Crippen LogP contribution in [0.25, 0.3) is 0 Å². The lowest BCUT2D eigenvalue weighted by Gasteiger charge is -2.13. The second-order valence-electron chi connectivity index (χ2n) is 3.34. The van der Waals surface area contributed by atoms with Crippen LogP contribution in [0.15, 0.2) is 12.3 Å². The Morgan fingerprint density at radius 1 is 1.71 bits per heavy atom. The molecule has 1 atom stereocenters. The molecule has 0 aliphatic heterocycles. The SMILES string of the molecule is C#CCC(CC)NCc1ccnn1C. The number of rotatable bonds is 5. The van der Waals surface area contributed by atoms with Crippen molar-refractivity contribution in [3.05, 3.63) is 18.0 Å². The molecule has 0 aliphatic carbocycles. The van der Waals surface area contributed by atoms with Gasteiger partial charge in [-0.3, -0.25) is 4.68 Å². The summed E-state index contributed by atoms with van der Waals surface area (Å²) in [4.78, 5) is 0. The Balaban J connectivity index is 2.40. The molecule has 0 fully saturated rings. The maximum Gasteiger partial charge on any atom is 0.0518 e. The fourth-order valence-corrected chi connectivity index (χ4v) is 1.33. The third-order valence-corrected chi connectivity index (χ3v) is 2.35. The lowest BCUT2D eigenvalue weighted by Crippen LogP contribution is -2.28. The van der Waals surface area contributed by atoms with Crippen molar-refractivity contribution in [2.24, 2.45) is 7.05 Å². The van der Waals surface area contributed by atoms with Crippen molar-refractivity contribution in [1.82, 2.24) is 15.1 Å². The van der Waals surface area contributed by atoms with Gasteiger partial charge in [-0.2, -0.15) is 5.10 Å². The second-order valence-corrected chi connectivity index (χ2v) is 3.34. The molecule has 0 aromatic carbocycles. The van der Waals surface area contributed by atoms with Crippen molar-refractivity contribution >= 4 is 0 Å². The van der Waals surface area contributed by atoms with Crippen LogP contribution in [0.5, 0.6) is 0 Å². The number of terminal acetylenes is 1. The highest BCUT2D eigenvalue weighted by molar-refractivity contribution is 5.00. The normalized spacial score (nSPS) is 12.4. The highest BCUT2D eigenvalue weighted by Crippen LogP contribution is 2.00. The summed E-state index contributed by atoms with van der Waals surface area (Å²) in [6.07, 6.45) is 8.92. The molecule has 1 N–H and O–H groups in total. The van der Waals surface area contributed by atoms with Crippen LogP contribution in [-0.2, 0) is 13.6 Å². The molecule has 0 saturated heterocycles. The van der Waals surface area contributed by atoms with Crippen LogP contribution in [0.2, 0.25) is 0 Å². The molecule has 0 spiro atoms. The molecule has 0 saturated carbocycles. The summed E-state index contributed by atoms with van der Waals surface area (Å²) in [6.45, 7) is 2.97. The Labute approximate surface area is 85.5 Å². The van der Waals surface area contributed by atoms with Gasteiger partial charge in [-0.25, -0.2) is 0 Å². The number of nitrogens with zero attached hydrogens (tertiary/aromatic N) is 2. The minimum atomic E-state index is 0.412. The van der Waals surface area contributed by atoms with Crippen molar-refractivity contribution < 1.29 is 0 Å². The van der Waals surface area contributed by atoms with Crippen molar-refractivity contribution in [2.45, 2.75) is 32.4 Å². The van der Waals surface area contributed by atoms with Crippen molar-refractivity contribution in [2.75, 3.05) is 0 Å². The first-order valence-electron chi connectivity index (χ1n) is 4.91. The van der Waals surface area contributed by atoms with Crippen LogP contribution in [0, 0.1) is 12.3 Å². The maximum absolute atomic E-state index is 5.28. The zero-order chi connectivity index (χ0) is 10.4. The Morgan fingerprint density at radius 3 is 3.00 bits per heavy atom. The largest absolute Gasteiger partial charge is 0.307 e. The quantitative estimate of drug-likeness (QED) is 0.711. The van der Waals surface area contributed by atoms with E-state index in [1.54, 1.807) is 6.20 Å². The predicted octanol–water partition coefficient (Wildman–Crippen LogP) is 1.31. The number of aromatic nitrogens is 2. The Hall–Kier alpha value is -1.27. The third kappa shape index (κ3) is 2.90. The molecular formula is C11H17N3. The van der Waals surface area contributed by atoms with Crippen molar-refractivity contribution in [3.8, 4) is 12.3 Å². The number of hydrogen-bond acceptors (Lipinski definition) is 2. The van der Waals surface area contributed by atoms with Gasteiger partial charge in [0, 0.05) is 32.3 Å².